The van der Waals surface area contributed by atoms with Gasteiger partial charge < -0.3 is 4.74 Å². The van der Waals surface area contributed by atoms with Crippen LogP contribution in [-0.4, -0.2) is 39.0 Å². The van der Waals surface area contributed by atoms with Gasteiger partial charge in [-0.1, -0.05) is 24.3 Å². The lowest BCUT2D eigenvalue weighted by atomic mass is 10.3. The van der Waals surface area contributed by atoms with Crippen LogP contribution in [0.3, 0.4) is 0 Å². The molecule has 1 aromatic rings. The van der Waals surface area contributed by atoms with E-state index in [1.807, 2.05) is 0 Å². The van der Waals surface area contributed by atoms with E-state index < -0.39 is 10.0 Å². The Morgan fingerprint density at radius 2 is 1.76 bits per heavy atom. The number of benzene rings is 1. The molecule has 0 atom stereocenters. The molecular formula is C11H12N2O3S. The maximum atomic E-state index is 12.2. The van der Waals surface area contributed by atoms with Crippen molar-refractivity contribution >= 4 is 15.7 Å². The van der Waals surface area contributed by atoms with E-state index in [2.05, 4.69) is 4.85 Å². The van der Waals surface area contributed by atoms with Crippen molar-refractivity contribution in [1.29, 1.82) is 0 Å². The van der Waals surface area contributed by atoms with Crippen molar-refractivity contribution in [3.8, 4) is 0 Å². The highest BCUT2D eigenvalue weighted by Crippen LogP contribution is 2.20. The van der Waals surface area contributed by atoms with Crippen LogP contribution in [0.5, 0.6) is 0 Å². The number of sulfonamides is 1. The summed E-state index contributed by atoms with van der Waals surface area (Å²) in [4.78, 5) is 3.46. The van der Waals surface area contributed by atoms with Gasteiger partial charge in [0.2, 0.25) is 10.0 Å². The van der Waals surface area contributed by atoms with Gasteiger partial charge in [-0.15, -0.1) is 0 Å². The lowest BCUT2D eigenvalue weighted by Crippen LogP contribution is -2.40. The predicted molar refractivity (Wildman–Crippen MR) is 62.3 cm³/mol. The zero-order chi connectivity index (χ0) is 12.3. The summed E-state index contributed by atoms with van der Waals surface area (Å²) in [6, 6.07) is 5.97. The topological polar surface area (TPSA) is 51.0 Å². The molecule has 0 aliphatic carbocycles. The molecule has 1 aliphatic rings. The number of morpholine rings is 1. The molecule has 0 aromatic heterocycles. The average Bonchev–Trinajstić information content (AvgIpc) is 2.40. The third kappa shape index (κ3) is 2.47. The van der Waals surface area contributed by atoms with Crippen LogP contribution < -0.4 is 0 Å². The summed E-state index contributed by atoms with van der Waals surface area (Å²) in [6.07, 6.45) is 0. The number of hydrogen-bond donors (Lipinski definition) is 0. The Morgan fingerprint density at radius 1 is 1.18 bits per heavy atom. The highest BCUT2D eigenvalue weighted by molar-refractivity contribution is 7.89. The number of hydrogen-bond acceptors (Lipinski definition) is 3. The van der Waals surface area contributed by atoms with E-state index in [-0.39, 0.29) is 4.90 Å². The van der Waals surface area contributed by atoms with Crippen LogP contribution >= 0.6 is 0 Å². The standard InChI is InChI=1S/C11H12N2O3S/c1-12-10-2-4-11(5-3-10)17(14,15)13-6-8-16-9-7-13/h2-5H,6-9H2. The van der Waals surface area contributed by atoms with Gasteiger partial charge in [-0.25, -0.2) is 13.3 Å². The van der Waals surface area contributed by atoms with Crippen LogP contribution in [0.4, 0.5) is 5.69 Å². The molecule has 2 rings (SSSR count). The Labute approximate surface area is 100 Å². The van der Waals surface area contributed by atoms with Crippen LogP contribution in [0, 0.1) is 6.57 Å². The molecule has 1 aromatic carbocycles. The van der Waals surface area contributed by atoms with Crippen LogP contribution in [0.15, 0.2) is 29.2 Å². The summed E-state index contributed by atoms with van der Waals surface area (Å²) in [6.45, 7) is 8.44. The van der Waals surface area contributed by atoms with E-state index >= 15 is 0 Å². The van der Waals surface area contributed by atoms with Crippen molar-refractivity contribution in [1.82, 2.24) is 4.31 Å². The summed E-state index contributed by atoms with van der Waals surface area (Å²) in [7, 11) is -3.44. The first-order valence-electron chi connectivity index (χ1n) is 5.20. The fourth-order valence-corrected chi connectivity index (χ4v) is 3.04. The average molecular weight is 252 g/mol. The van der Waals surface area contributed by atoms with Crippen molar-refractivity contribution in [3.05, 3.63) is 35.7 Å². The lowest BCUT2D eigenvalue weighted by molar-refractivity contribution is 0.0730. The molecule has 0 unspecified atom stereocenters. The van der Waals surface area contributed by atoms with Crippen molar-refractivity contribution in [2.45, 2.75) is 4.90 Å². The van der Waals surface area contributed by atoms with Crippen LogP contribution in [0.25, 0.3) is 4.85 Å². The number of rotatable bonds is 2. The monoisotopic (exact) mass is 252 g/mol. The van der Waals surface area contributed by atoms with Gasteiger partial charge in [0, 0.05) is 13.1 Å². The molecule has 0 saturated carbocycles. The van der Waals surface area contributed by atoms with Gasteiger partial charge in [-0.3, -0.25) is 0 Å². The Kier molecular flexibility index (Phi) is 3.43. The molecule has 0 spiro atoms. The predicted octanol–water partition coefficient (Wildman–Crippen LogP) is 1.26. The van der Waals surface area contributed by atoms with Crippen molar-refractivity contribution in [2.75, 3.05) is 26.3 Å². The van der Waals surface area contributed by atoms with Crippen molar-refractivity contribution < 1.29 is 13.2 Å². The number of ether oxygens (including phenoxy) is 1. The van der Waals surface area contributed by atoms with Crippen LogP contribution in [0.1, 0.15) is 0 Å². The molecule has 1 heterocycles. The molecule has 1 aliphatic heterocycles. The minimum absolute atomic E-state index is 0.229. The second kappa shape index (κ2) is 4.84. The van der Waals surface area contributed by atoms with E-state index in [9.17, 15) is 8.42 Å². The lowest BCUT2D eigenvalue weighted by Gasteiger charge is -2.26. The van der Waals surface area contributed by atoms with Crippen molar-refractivity contribution in [2.24, 2.45) is 0 Å². The molecule has 5 nitrogen and oxygen atoms in total. The molecular weight excluding hydrogens is 240 g/mol. The van der Waals surface area contributed by atoms with Crippen LogP contribution in [0.2, 0.25) is 0 Å². The molecule has 0 bridgehead atoms. The molecule has 6 heteroatoms. The van der Waals surface area contributed by atoms with Gasteiger partial charge in [0.25, 0.3) is 0 Å². The summed E-state index contributed by atoms with van der Waals surface area (Å²) in [5, 5.41) is 0. The molecule has 1 saturated heterocycles. The molecule has 1 fully saturated rings. The van der Waals surface area contributed by atoms with E-state index in [0.29, 0.717) is 32.0 Å². The molecule has 0 radical (unpaired) electrons. The van der Waals surface area contributed by atoms with Gasteiger partial charge in [0.05, 0.1) is 24.7 Å². The van der Waals surface area contributed by atoms with Gasteiger partial charge in [-0.2, -0.15) is 4.31 Å². The SMILES string of the molecule is [C-]#[N+]c1ccc(S(=O)(=O)N2CCOCC2)cc1. The highest BCUT2D eigenvalue weighted by Gasteiger charge is 2.25. The fourth-order valence-electron chi connectivity index (χ4n) is 1.63. The molecule has 90 valence electrons. The van der Waals surface area contributed by atoms with E-state index in [1.54, 1.807) is 0 Å². The largest absolute Gasteiger partial charge is 0.379 e. The van der Waals surface area contributed by atoms with Gasteiger partial charge in [0.1, 0.15) is 0 Å². The quantitative estimate of drug-likeness (QED) is 0.744. The van der Waals surface area contributed by atoms with Gasteiger partial charge in [-0.05, 0) is 0 Å². The number of nitrogens with zero attached hydrogens (tertiary/aromatic N) is 2. The van der Waals surface area contributed by atoms with E-state index in [4.69, 9.17) is 11.3 Å². The Bertz CT molecular complexity index is 525. The molecule has 0 amide bonds. The third-order valence-electron chi connectivity index (χ3n) is 2.57. The summed E-state index contributed by atoms with van der Waals surface area (Å²) >= 11 is 0. The zero-order valence-corrected chi connectivity index (χ0v) is 9.98. The first kappa shape index (κ1) is 12.0. The van der Waals surface area contributed by atoms with Crippen molar-refractivity contribution in [3.63, 3.8) is 0 Å². The molecule has 0 N–H and O–H groups in total. The maximum Gasteiger partial charge on any atom is 0.243 e. The zero-order valence-electron chi connectivity index (χ0n) is 9.17. The Balaban J connectivity index is 2.27. The van der Waals surface area contributed by atoms with Gasteiger partial charge >= 0.3 is 0 Å². The maximum absolute atomic E-state index is 12.2. The highest BCUT2D eigenvalue weighted by atomic mass is 32.2. The first-order chi connectivity index (χ1) is 8.14. The Morgan fingerprint density at radius 3 is 2.29 bits per heavy atom. The minimum atomic E-state index is -3.44. The smallest absolute Gasteiger partial charge is 0.243 e. The summed E-state index contributed by atoms with van der Waals surface area (Å²) in [5.74, 6) is 0. The second-order valence-corrected chi connectivity index (χ2v) is 5.56. The van der Waals surface area contributed by atoms with Crippen LogP contribution in [-0.2, 0) is 14.8 Å². The first-order valence-corrected chi connectivity index (χ1v) is 6.64. The normalized spacial score (nSPS) is 17.6. The summed E-state index contributed by atoms with van der Waals surface area (Å²) in [5.41, 5.74) is 0.436. The second-order valence-electron chi connectivity index (χ2n) is 3.62. The van der Waals surface area contributed by atoms with E-state index in [0.717, 1.165) is 0 Å². The Hall–Kier alpha value is -1.42. The fraction of sp³-hybridized carbons (Fsp3) is 0.364. The minimum Gasteiger partial charge on any atom is -0.379 e. The van der Waals surface area contributed by atoms with E-state index in [1.165, 1.54) is 28.6 Å². The summed E-state index contributed by atoms with van der Waals surface area (Å²) < 4.78 is 30.9. The third-order valence-corrected chi connectivity index (χ3v) is 4.49. The molecule has 17 heavy (non-hydrogen) atoms. The van der Waals surface area contributed by atoms with Gasteiger partial charge in [0.15, 0.2) is 5.69 Å².